The molecule has 0 unspecified atom stereocenters. The summed E-state index contributed by atoms with van der Waals surface area (Å²) in [5, 5.41) is 8.32. The van der Waals surface area contributed by atoms with Gasteiger partial charge in [0, 0.05) is 0 Å². The minimum atomic E-state index is -0.567. The standard InChI is InChI=1S/C3H5GeO3/c4-2-1-3(5)7-6/h6H,1-2H2. The summed E-state index contributed by atoms with van der Waals surface area (Å²) in [5.74, 6) is -0.567. The van der Waals surface area contributed by atoms with Crippen molar-refractivity contribution >= 4 is 22.5 Å². The van der Waals surface area contributed by atoms with Crippen LogP contribution in [0.25, 0.3) is 0 Å². The van der Waals surface area contributed by atoms with Crippen molar-refractivity contribution in [2.24, 2.45) is 0 Å². The third-order valence-electron chi connectivity index (χ3n) is 0.431. The Balaban J connectivity index is 3.00. The van der Waals surface area contributed by atoms with Crippen LogP contribution in [-0.2, 0) is 9.68 Å². The van der Waals surface area contributed by atoms with Crippen LogP contribution in [0.2, 0.25) is 5.25 Å². The van der Waals surface area contributed by atoms with Crippen LogP contribution in [0, 0.1) is 0 Å². The second-order valence-corrected chi connectivity index (χ2v) is 2.01. The molecule has 0 spiro atoms. The molecule has 0 aliphatic rings. The average Bonchev–Trinajstić information content (AvgIpc) is 1.68. The van der Waals surface area contributed by atoms with Gasteiger partial charge in [-0.15, -0.1) is 0 Å². The molecule has 0 saturated carbocycles. The summed E-state index contributed by atoms with van der Waals surface area (Å²) in [7, 11) is 0. The van der Waals surface area contributed by atoms with Crippen LogP contribution in [0.5, 0.6) is 0 Å². The van der Waals surface area contributed by atoms with Gasteiger partial charge in [-0.05, 0) is 0 Å². The Morgan fingerprint density at radius 2 is 2.43 bits per heavy atom. The Labute approximate surface area is 49.8 Å². The third kappa shape index (κ3) is 3.81. The molecule has 3 nitrogen and oxygen atoms in total. The molecule has 3 radical (unpaired) electrons. The van der Waals surface area contributed by atoms with E-state index < -0.39 is 5.97 Å². The van der Waals surface area contributed by atoms with Gasteiger partial charge in [0.05, 0.1) is 0 Å². The first kappa shape index (κ1) is 6.97. The van der Waals surface area contributed by atoms with E-state index in [2.05, 4.69) is 4.89 Å². The van der Waals surface area contributed by atoms with Crippen LogP contribution in [0.1, 0.15) is 6.42 Å². The van der Waals surface area contributed by atoms with E-state index in [1.54, 1.807) is 0 Å². The molecule has 0 fully saturated rings. The molecule has 0 aromatic heterocycles. The van der Waals surface area contributed by atoms with Crippen LogP contribution >= 0.6 is 0 Å². The second kappa shape index (κ2) is 4.14. The van der Waals surface area contributed by atoms with Gasteiger partial charge in [-0.2, -0.15) is 0 Å². The van der Waals surface area contributed by atoms with Gasteiger partial charge in [-0.3, -0.25) is 0 Å². The molecule has 0 saturated heterocycles. The molecule has 0 aliphatic heterocycles. The molecule has 1 N–H and O–H groups in total. The number of carbonyl (C=O) groups excluding carboxylic acids is 1. The van der Waals surface area contributed by atoms with E-state index in [0.717, 1.165) is 0 Å². The Bertz CT molecular complexity index is 63.2. The van der Waals surface area contributed by atoms with E-state index >= 15 is 0 Å². The van der Waals surface area contributed by atoms with Crippen molar-refractivity contribution in [3.8, 4) is 0 Å². The molecule has 0 amide bonds. The first-order valence-corrected chi connectivity index (χ1v) is 3.28. The molecule has 0 aliphatic carbocycles. The summed E-state index contributed by atoms with van der Waals surface area (Å²) in [6.07, 6.45) is 0.288. The first-order chi connectivity index (χ1) is 3.31. The zero-order valence-electron chi connectivity index (χ0n) is 3.68. The van der Waals surface area contributed by atoms with Gasteiger partial charge in [-0.1, -0.05) is 0 Å². The molecule has 0 bridgehead atoms. The zero-order valence-corrected chi connectivity index (χ0v) is 5.78. The number of rotatable bonds is 2. The molecule has 4 heteroatoms. The van der Waals surface area contributed by atoms with E-state index in [0.29, 0.717) is 5.25 Å². The first-order valence-electron chi connectivity index (χ1n) is 1.80. The van der Waals surface area contributed by atoms with Crippen molar-refractivity contribution in [2.45, 2.75) is 11.7 Å². The maximum atomic E-state index is 9.94. The fourth-order valence-corrected chi connectivity index (χ4v) is 0.576. The van der Waals surface area contributed by atoms with Crippen molar-refractivity contribution in [1.82, 2.24) is 0 Å². The van der Waals surface area contributed by atoms with Gasteiger partial charge in [0.1, 0.15) is 0 Å². The van der Waals surface area contributed by atoms with E-state index in [9.17, 15) is 4.79 Å². The molecule has 0 heterocycles. The molecule has 0 atom stereocenters. The van der Waals surface area contributed by atoms with Crippen molar-refractivity contribution < 1.29 is 14.9 Å². The Morgan fingerprint density at radius 3 is 2.57 bits per heavy atom. The van der Waals surface area contributed by atoms with Crippen LogP contribution < -0.4 is 0 Å². The molecule has 0 aromatic carbocycles. The number of hydrogen-bond acceptors (Lipinski definition) is 3. The van der Waals surface area contributed by atoms with Crippen molar-refractivity contribution in [3.63, 3.8) is 0 Å². The van der Waals surface area contributed by atoms with Crippen molar-refractivity contribution in [3.05, 3.63) is 0 Å². The summed E-state index contributed by atoms with van der Waals surface area (Å²) in [6, 6.07) is 0. The van der Waals surface area contributed by atoms with Crippen LogP contribution in [0.15, 0.2) is 0 Å². The Kier molecular flexibility index (Phi) is 4.12. The summed E-state index contributed by atoms with van der Waals surface area (Å²) >= 11 is 1.83. The molecular formula is C3H5GeO3. The number of hydrogen-bond donors (Lipinski definition) is 1. The summed E-state index contributed by atoms with van der Waals surface area (Å²) < 4.78 is 0. The predicted octanol–water partition coefficient (Wildman–Crippen LogP) is -0.0205. The molecule has 0 aromatic rings. The normalized spacial score (nSPS) is 8.29. The average molecular weight is 162 g/mol. The van der Waals surface area contributed by atoms with E-state index in [-0.39, 0.29) is 6.42 Å². The maximum absolute atomic E-state index is 9.94. The molecule has 39 valence electrons. The van der Waals surface area contributed by atoms with Crippen molar-refractivity contribution in [2.75, 3.05) is 0 Å². The van der Waals surface area contributed by atoms with E-state index in [4.69, 9.17) is 5.26 Å². The number of carbonyl (C=O) groups is 1. The van der Waals surface area contributed by atoms with Crippen molar-refractivity contribution in [1.29, 1.82) is 0 Å². The summed E-state index contributed by atoms with van der Waals surface area (Å²) in [5.41, 5.74) is 0. The summed E-state index contributed by atoms with van der Waals surface area (Å²) in [4.78, 5) is 13.3. The van der Waals surface area contributed by atoms with Crippen LogP contribution in [-0.4, -0.2) is 27.7 Å². The van der Waals surface area contributed by atoms with Gasteiger partial charge in [0.15, 0.2) is 0 Å². The van der Waals surface area contributed by atoms with Crippen LogP contribution in [0.4, 0.5) is 0 Å². The second-order valence-electron chi connectivity index (χ2n) is 0.963. The zero-order chi connectivity index (χ0) is 5.70. The summed E-state index contributed by atoms with van der Waals surface area (Å²) in [6.45, 7) is 0. The van der Waals surface area contributed by atoms with Gasteiger partial charge in [0.25, 0.3) is 0 Å². The Morgan fingerprint density at radius 1 is 1.86 bits per heavy atom. The fraction of sp³-hybridized carbons (Fsp3) is 0.667. The minimum absolute atomic E-state index is 0.288. The third-order valence-corrected chi connectivity index (χ3v) is 0.955. The molecular weight excluding hydrogens is 157 g/mol. The molecule has 0 rings (SSSR count). The van der Waals surface area contributed by atoms with Crippen LogP contribution in [0.3, 0.4) is 0 Å². The predicted molar refractivity (Wildman–Crippen MR) is 23.9 cm³/mol. The van der Waals surface area contributed by atoms with Gasteiger partial charge >= 0.3 is 49.1 Å². The van der Waals surface area contributed by atoms with E-state index in [1.165, 1.54) is 0 Å². The topological polar surface area (TPSA) is 46.5 Å². The molecule has 7 heavy (non-hydrogen) atoms. The van der Waals surface area contributed by atoms with E-state index in [1.807, 2.05) is 16.5 Å². The quantitative estimate of drug-likeness (QED) is 0.352. The van der Waals surface area contributed by atoms with Gasteiger partial charge in [-0.25, -0.2) is 0 Å². The SMILES string of the molecule is O=C(C[CH2][Ge])OO. The monoisotopic (exact) mass is 163 g/mol. The van der Waals surface area contributed by atoms with Gasteiger partial charge in [0.2, 0.25) is 0 Å². The van der Waals surface area contributed by atoms with Gasteiger partial charge < -0.3 is 0 Å². The Hall–Kier alpha value is -0.0271. The fourth-order valence-electron chi connectivity index (χ4n) is 0.148.